The second kappa shape index (κ2) is 7.52. The summed E-state index contributed by atoms with van der Waals surface area (Å²) >= 11 is 1.49. The van der Waals surface area contributed by atoms with Gasteiger partial charge in [0.05, 0.1) is 21.5 Å². The minimum Gasteiger partial charge on any atom is -0.292 e. The smallest absolute Gasteiger partial charge is 0.282 e. The quantitative estimate of drug-likeness (QED) is 0.506. The molecule has 0 atom stereocenters. The summed E-state index contributed by atoms with van der Waals surface area (Å²) < 4.78 is 2.58. The first kappa shape index (κ1) is 18.3. The first-order valence-electron chi connectivity index (χ1n) is 9.26. The van der Waals surface area contributed by atoms with E-state index >= 15 is 0 Å². The average molecular weight is 392 g/mol. The van der Waals surface area contributed by atoms with Crippen molar-refractivity contribution in [2.24, 2.45) is 4.99 Å². The molecule has 1 N–H and O–H groups in total. The van der Waals surface area contributed by atoms with Crippen LogP contribution in [-0.2, 0) is 6.42 Å². The van der Waals surface area contributed by atoms with E-state index in [0.717, 1.165) is 34.4 Å². The van der Waals surface area contributed by atoms with Crippen LogP contribution in [-0.4, -0.2) is 25.5 Å². The summed E-state index contributed by atoms with van der Waals surface area (Å²) in [6, 6.07) is 13.6. The third kappa shape index (κ3) is 3.41. The van der Waals surface area contributed by atoms with Gasteiger partial charge in [0.2, 0.25) is 5.13 Å². The number of H-pyrrole nitrogens is 1. The Balaban J connectivity index is 1.84. The first-order valence-corrected chi connectivity index (χ1v) is 10.1. The monoisotopic (exact) mass is 391 g/mol. The summed E-state index contributed by atoms with van der Waals surface area (Å²) in [5, 5.41) is 3.89. The van der Waals surface area contributed by atoms with E-state index in [1.54, 1.807) is 0 Å². The highest BCUT2D eigenvalue weighted by atomic mass is 32.1. The predicted molar refractivity (Wildman–Crippen MR) is 114 cm³/mol. The topological polar surface area (TPSA) is 75.9 Å². The molecule has 0 saturated heterocycles. The molecule has 7 heteroatoms. The summed E-state index contributed by atoms with van der Waals surface area (Å²) in [6.45, 7) is 5.87. The highest BCUT2D eigenvalue weighted by Gasteiger charge is 2.19. The van der Waals surface area contributed by atoms with E-state index in [9.17, 15) is 4.79 Å². The second-order valence-corrected chi connectivity index (χ2v) is 7.66. The van der Waals surface area contributed by atoms with Gasteiger partial charge in [0, 0.05) is 11.4 Å². The van der Waals surface area contributed by atoms with Gasteiger partial charge in [0.1, 0.15) is 0 Å². The molecule has 0 aliphatic heterocycles. The number of aliphatic imine (C=N–C) groups is 1. The summed E-state index contributed by atoms with van der Waals surface area (Å²) in [7, 11) is 0. The van der Waals surface area contributed by atoms with E-state index in [1.165, 1.54) is 16.0 Å². The van der Waals surface area contributed by atoms with Crippen molar-refractivity contribution in [2.75, 3.05) is 0 Å². The van der Waals surface area contributed by atoms with Crippen molar-refractivity contribution in [3.05, 3.63) is 69.8 Å². The van der Waals surface area contributed by atoms with Crippen LogP contribution in [0.3, 0.4) is 0 Å². The number of benzene rings is 1. The highest BCUT2D eigenvalue weighted by molar-refractivity contribution is 7.20. The Hall–Kier alpha value is -3.06. The fourth-order valence-electron chi connectivity index (χ4n) is 3.20. The Kier molecular flexibility index (Phi) is 4.92. The number of aryl methyl sites for hydroxylation is 2. The fourth-order valence-corrected chi connectivity index (χ4v) is 4.12. The van der Waals surface area contributed by atoms with E-state index < -0.39 is 0 Å². The van der Waals surface area contributed by atoms with Gasteiger partial charge in [0.15, 0.2) is 5.82 Å². The Bertz CT molecular complexity index is 1200. The number of para-hydroxylation sites is 1. The molecule has 4 rings (SSSR count). The molecule has 6 nitrogen and oxygen atoms in total. The van der Waals surface area contributed by atoms with Crippen LogP contribution in [0, 0.1) is 6.92 Å². The van der Waals surface area contributed by atoms with Crippen LogP contribution in [0.2, 0.25) is 0 Å². The van der Waals surface area contributed by atoms with Crippen LogP contribution >= 0.6 is 11.3 Å². The molecular formula is C21H21N5OS. The van der Waals surface area contributed by atoms with Gasteiger partial charge in [-0.05, 0) is 44.5 Å². The lowest BCUT2D eigenvalue weighted by molar-refractivity contribution is 0.790. The van der Waals surface area contributed by atoms with Gasteiger partial charge in [-0.25, -0.2) is 15.0 Å². The normalized spacial score (nSPS) is 12.0. The predicted octanol–water partition coefficient (Wildman–Crippen LogP) is 4.57. The third-order valence-electron chi connectivity index (χ3n) is 4.46. The molecule has 4 aromatic rings. The largest absolute Gasteiger partial charge is 0.292 e. The lowest BCUT2D eigenvalue weighted by Gasteiger charge is -2.01. The molecule has 3 heterocycles. The third-order valence-corrected chi connectivity index (χ3v) is 5.48. The van der Waals surface area contributed by atoms with Crippen molar-refractivity contribution in [1.82, 2.24) is 19.7 Å². The van der Waals surface area contributed by atoms with Crippen molar-refractivity contribution in [2.45, 2.75) is 33.6 Å². The van der Waals surface area contributed by atoms with Gasteiger partial charge in [-0.3, -0.25) is 9.89 Å². The average Bonchev–Trinajstić information content (AvgIpc) is 3.23. The van der Waals surface area contributed by atoms with E-state index in [-0.39, 0.29) is 5.56 Å². The van der Waals surface area contributed by atoms with Crippen LogP contribution < -0.4 is 5.56 Å². The van der Waals surface area contributed by atoms with Crippen LogP contribution in [0.25, 0.3) is 15.3 Å². The van der Waals surface area contributed by atoms with Crippen LogP contribution in [0.5, 0.6) is 0 Å². The zero-order valence-electron chi connectivity index (χ0n) is 16.1. The Labute approximate surface area is 166 Å². The molecule has 0 aliphatic carbocycles. The minimum atomic E-state index is -0.128. The van der Waals surface area contributed by atoms with Crippen molar-refractivity contribution in [1.29, 1.82) is 0 Å². The van der Waals surface area contributed by atoms with Gasteiger partial charge >= 0.3 is 0 Å². The first-order chi connectivity index (χ1) is 13.6. The van der Waals surface area contributed by atoms with E-state index in [4.69, 9.17) is 0 Å². The maximum absolute atomic E-state index is 13.2. The molecule has 3 aromatic heterocycles. The molecule has 1 aromatic carbocycles. The number of nitrogens with one attached hydrogen (secondary N) is 1. The van der Waals surface area contributed by atoms with Crippen LogP contribution in [0.4, 0.5) is 5.82 Å². The van der Waals surface area contributed by atoms with Crippen molar-refractivity contribution >= 4 is 33.1 Å². The lowest BCUT2D eigenvalue weighted by Crippen LogP contribution is -2.19. The summed E-state index contributed by atoms with van der Waals surface area (Å²) in [5.41, 5.74) is 3.78. The van der Waals surface area contributed by atoms with Crippen molar-refractivity contribution in [3.63, 3.8) is 0 Å². The summed E-state index contributed by atoms with van der Waals surface area (Å²) in [5.74, 6) is 0.604. The Morgan fingerprint density at radius 1 is 1.18 bits per heavy atom. The van der Waals surface area contributed by atoms with Gasteiger partial charge in [0.25, 0.3) is 5.56 Å². The highest BCUT2D eigenvalue weighted by Crippen LogP contribution is 2.24. The van der Waals surface area contributed by atoms with Crippen LogP contribution in [0.15, 0.2) is 52.3 Å². The number of thiazole rings is 1. The number of pyridine rings is 1. The number of nitrogens with zero attached hydrogens (tertiary/aromatic N) is 4. The lowest BCUT2D eigenvalue weighted by atomic mass is 10.1. The van der Waals surface area contributed by atoms with Gasteiger partial charge < -0.3 is 0 Å². The van der Waals surface area contributed by atoms with Gasteiger partial charge in [-0.1, -0.05) is 42.9 Å². The summed E-state index contributed by atoms with van der Waals surface area (Å²) in [6.07, 6.45) is 1.68. The number of hydrogen-bond acceptors (Lipinski definition) is 5. The second-order valence-electron chi connectivity index (χ2n) is 6.65. The molecule has 0 radical (unpaired) electrons. The molecule has 0 spiro atoms. The molecular weight excluding hydrogens is 370 g/mol. The van der Waals surface area contributed by atoms with E-state index in [1.807, 2.05) is 56.3 Å². The minimum absolute atomic E-state index is 0.128. The number of hydrogen-bond donors (Lipinski definition) is 1. The van der Waals surface area contributed by atoms with Crippen LogP contribution in [0.1, 0.15) is 37.2 Å². The Morgan fingerprint density at radius 2 is 2.00 bits per heavy atom. The fraction of sp³-hybridized carbons (Fsp3) is 0.238. The molecule has 0 aliphatic rings. The zero-order valence-corrected chi connectivity index (χ0v) is 16.9. The molecule has 0 fully saturated rings. The SMILES string of the molecule is CCCc1[nH]n(-c2nc3ccccc3s2)c(=O)c1C(C)=Nc1cccc(C)n1. The number of aromatic amines is 1. The number of rotatable bonds is 5. The maximum Gasteiger partial charge on any atom is 0.282 e. The molecule has 0 unspecified atom stereocenters. The molecule has 142 valence electrons. The Morgan fingerprint density at radius 3 is 2.75 bits per heavy atom. The molecule has 0 saturated carbocycles. The maximum atomic E-state index is 13.2. The number of aromatic nitrogens is 4. The van der Waals surface area contributed by atoms with E-state index in [2.05, 4.69) is 27.0 Å². The molecule has 0 bridgehead atoms. The standard InChI is InChI=1S/C21H21N5OS/c1-4-8-16-19(14(3)23-18-12-7-9-13(2)22-18)20(27)26(25-16)21-24-15-10-5-6-11-17(15)28-21/h5-7,9-12,25H,4,8H2,1-3H3. The molecule has 28 heavy (non-hydrogen) atoms. The number of fused-ring (bicyclic) bond motifs is 1. The zero-order chi connectivity index (χ0) is 19.7. The van der Waals surface area contributed by atoms with E-state index in [0.29, 0.717) is 22.2 Å². The van der Waals surface area contributed by atoms with Gasteiger partial charge in [-0.15, -0.1) is 0 Å². The molecule has 0 amide bonds. The van der Waals surface area contributed by atoms with Gasteiger partial charge in [-0.2, -0.15) is 4.68 Å². The van der Waals surface area contributed by atoms with Crippen molar-refractivity contribution < 1.29 is 0 Å². The summed E-state index contributed by atoms with van der Waals surface area (Å²) in [4.78, 5) is 26.9. The van der Waals surface area contributed by atoms with Crippen molar-refractivity contribution in [3.8, 4) is 5.13 Å².